The molecule has 2 aliphatic heterocycles. The molecule has 4 rings (SSSR count). The van der Waals surface area contributed by atoms with Crippen LogP contribution in [0.15, 0.2) is 64.6 Å². The van der Waals surface area contributed by atoms with E-state index >= 15 is 0 Å². The van der Waals surface area contributed by atoms with Gasteiger partial charge >= 0.3 is 0 Å². The molecule has 0 amide bonds. The predicted octanol–water partition coefficient (Wildman–Crippen LogP) is 4.45. The highest BCUT2D eigenvalue weighted by Crippen LogP contribution is 2.56. The number of fused-ring (bicyclic) bond motifs is 1. The highest BCUT2D eigenvalue weighted by Gasteiger charge is 2.45. The van der Waals surface area contributed by atoms with Crippen molar-refractivity contribution in [3.05, 3.63) is 75.8 Å². The zero-order chi connectivity index (χ0) is 20.1. The summed E-state index contributed by atoms with van der Waals surface area (Å²) in [5.74, 6) is 1.17. The van der Waals surface area contributed by atoms with Crippen LogP contribution < -0.4 is 10.9 Å². The molecule has 2 N–H and O–H groups in total. The van der Waals surface area contributed by atoms with E-state index in [1.165, 1.54) is 18.3 Å². The summed E-state index contributed by atoms with van der Waals surface area (Å²) < 4.78 is 5.71. The zero-order valence-corrected chi connectivity index (χ0v) is 17.5. The topological polar surface area (TPSA) is 67.0 Å². The minimum Gasteiger partial charge on any atom is -0.376 e. The lowest BCUT2D eigenvalue weighted by Crippen LogP contribution is -2.23. The smallest absolute Gasteiger partial charge is 0.260 e. The molecule has 6 heteroatoms. The fourth-order valence-corrected chi connectivity index (χ4v) is 5.02. The maximum absolute atomic E-state index is 12.8. The van der Waals surface area contributed by atoms with E-state index in [4.69, 9.17) is 4.74 Å². The van der Waals surface area contributed by atoms with Crippen LogP contribution in [0.5, 0.6) is 0 Å². The molecule has 3 atom stereocenters. The molecule has 3 aliphatic rings. The Bertz CT molecular complexity index is 936. The lowest BCUT2D eigenvalue weighted by atomic mass is 9.96. The van der Waals surface area contributed by atoms with Gasteiger partial charge in [0.1, 0.15) is 5.82 Å². The van der Waals surface area contributed by atoms with Crippen molar-refractivity contribution < 1.29 is 4.74 Å². The Kier molecular flexibility index (Phi) is 6.52. The number of nitrogens with zero attached hydrogens (tertiary/aromatic N) is 1. The Morgan fingerprint density at radius 1 is 1.34 bits per heavy atom. The standard InChI is InChI=1S/C23H27N3O2S/c1-2-3-4-5-6-7-10-17(19-14-29-20-12-18(19)20)21-22(25-15-26-23(21)27)24-13-16-9-8-11-28-16/h2-7,10,14-16,18,20H,8-9,11-13H2,1H3,(H2,24,25,26,27)/b3-2-,5-4-,7-6+,17-10+. The maximum atomic E-state index is 12.8. The highest BCUT2D eigenvalue weighted by molar-refractivity contribution is 8.03. The van der Waals surface area contributed by atoms with E-state index in [-0.39, 0.29) is 11.7 Å². The molecule has 1 saturated heterocycles. The summed E-state index contributed by atoms with van der Waals surface area (Å²) in [6.07, 6.45) is 18.9. The Hall–Kier alpha value is -2.31. The normalized spacial score (nSPS) is 26.6. The van der Waals surface area contributed by atoms with Crippen LogP contribution in [0.1, 0.15) is 31.7 Å². The van der Waals surface area contributed by atoms with Gasteiger partial charge in [0.2, 0.25) is 0 Å². The van der Waals surface area contributed by atoms with Crippen molar-refractivity contribution in [1.29, 1.82) is 0 Å². The van der Waals surface area contributed by atoms with Crippen molar-refractivity contribution in [2.75, 3.05) is 18.5 Å². The summed E-state index contributed by atoms with van der Waals surface area (Å²) in [7, 11) is 0. The van der Waals surface area contributed by atoms with Crippen molar-refractivity contribution in [2.24, 2.45) is 5.92 Å². The number of H-pyrrole nitrogens is 1. The van der Waals surface area contributed by atoms with Gasteiger partial charge in [0.25, 0.3) is 5.56 Å². The molecule has 5 nitrogen and oxygen atoms in total. The second-order valence-corrected chi connectivity index (χ2v) is 8.55. The first kappa shape index (κ1) is 20.0. The molecule has 0 radical (unpaired) electrons. The Morgan fingerprint density at radius 3 is 2.93 bits per heavy atom. The van der Waals surface area contributed by atoms with Gasteiger partial charge in [-0.25, -0.2) is 4.98 Å². The molecule has 152 valence electrons. The summed E-state index contributed by atoms with van der Waals surface area (Å²) in [6, 6.07) is 0. The number of rotatable bonds is 8. The molecule has 1 saturated carbocycles. The van der Waals surface area contributed by atoms with Crippen LogP contribution in [0.25, 0.3) is 5.57 Å². The van der Waals surface area contributed by atoms with Crippen LogP contribution in [0.2, 0.25) is 0 Å². The second-order valence-electron chi connectivity index (χ2n) is 7.44. The molecule has 3 unspecified atom stereocenters. The summed E-state index contributed by atoms with van der Waals surface area (Å²) in [4.78, 5) is 20.1. The van der Waals surface area contributed by atoms with Crippen molar-refractivity contribution in [2.45, 2.75) is 37.5 Å². The molecule has 29 heavy (non-hydrogen) atoms. The third kappa shape index (κ3) is 4.82. The number of aromatic amines is 1. The van der Waals surface area contributed by atoms with Crippen molar-refractivity contribution in [3.8, 4) is 0 Å². The Balaban J connectivity index is 1.63. The molecule has 0 spiro atoms. The van der Waals surface area contributed by atoms with E-state index in [1.54, 1.807) is 0 Å². The molecule has 1 aliphatic carbocycles. The van der Waals surface area contributed by atoms with Crippen LogP contribution in [0.3, 0.4) is 0 Å². The van der Waals surface area contributed by atoms with Crippen molar-refractivity contribution in [1.82, 2.24) is 9.97 Å². The number of allylic oxidation sites excluding steroid dienone is 9. The summed E-state index contributed by atoms with van der Waals surface area (Å²) in [6.45, 7) is 3.46. The quantitative estimate of drug-likeness (QED) is 0.621. The minimum atomic E-state index is -0.117. The van der Waals surface area contributed by atoms with E-state index in [0.717, 1.165) is 25.0 Å². The van der Waals surface area contributed by atoms with Crippen LogP contribution >= 0.6 is 11.8 Å². The summed E-state index contributed by atoms with van der Waals surface area (Å²) >= 11 is 1.88. The van der Waals surface area contributed by atoms with Gasteiger partial charge in [-0.15, -0.1) is 11.8 Å². The third-order valence-corrected chi connectivity index (χ3v) is 6.62. The van der Waals surface area contributed by atoms with Crippen molar-refractivity contribution in [3.63, 3.8) is 0 Å². The van der Waals surface area contributed by atoms with E-state index in [1.807, 2.05) is 61.2 Å². The van der Waals surface area contributed by atoms with Crippen LogP contribution in [0.4, 0.5) is 5.82 Å². The van der Waals surface area contributed by atoms with Crippen LogP contribution in [0, 0.1) is 5.92 Å². The minimum absolute atomic E-state index is 0.117. The number of thioether (sulfide) groups is 1. The lowest BCUT2D eigenvalue weighted by Gasteiger charge is -2.16. The first-order chi connectivity index (χ1) is 14.3. The monoisotopic (exact) mass is 409 g/mol. The van der Waals surface area contributed by atoms with E-state index in [0.29, 0.717) is 29.1 Å². The SMILES string of the molecule is C\C=C/C=C\C=C\C=C(/C1=CSC2CC12)c1c(NCC2CCCO2)nc[nH]c1=O. The average Bonchev–Trinajstić information content (AvgIpc) is 3.12. The number of ether oxygens (including phenoxy) is 1. The Labute approximate surface area is 175 Å². The predicted molar refractivity (Wildman–Crippen MR) is 121 cm³/mol. The largest absolute Gasteiger partial charge is 0.376 e. The van der Waals surface area contributed by atoms with Gasteiger partial charge < -0.3 is 15.0 Å². The molecule has 3 heterocycles. The van der Waals surface area contributed by atoms with Crippen LogP contribution in [-0.2, 0) is 4.74 Å². The van der Waals surface area contributed by atoms with Crippen molar-refractivity contribution >= 4 is 23.2 Å². The fraction of sp³-hybridized carbons (Fsp3) is 0.391. The number of aromatic nitrogens is 2. The molecular formula is C23H27N3O2S. The van der Waals surface area contributed by atoms with E-state index in [9.17, 15) is 4.79 Å². The van der Waals surface area contributed by atoms with Gasteiger partial charge in [0.15, 0.2) is 0 Å². The van der Waals surface area contributed by atoms with Gasteiger partial charge in [-0.1, -0.05) is 42.5 Å². The van der Waals surface area contributed by atoms with E-state index < -0.39 is 0 Å². The van der Waals surface area contributed by atoms with Gasteiger partial charge in [0, 0.05) is 18.4 Å². The molecule has 0 bridgehead atoms. The van der Waals surface area contributed by atoms with Crippen LogP contribution in [-0.4, -0.2) is 34.5 Å². The Morgan fingerprint density at radius 2 is 2.21 bits per heavy atom. The van der Waals surface area contributed by atoms with Gasteiger partial charge in [-0.3, -0.25) is 4.79 Å². The molecular weight excluding hydrogens is 382 g/mol. The van der Waals surface area contributed by atoms with Gasteiger partial charge in [-0.2, -0.15) is 0 Å². The molecule has 2 fully saturated rings. The molecule has 1 aromatic rings. The molecule has 1 aromatic heterocycles. The maximum Gasteiger partial charge on any atom is 0.260 e. The first-order valence-electron chi connectivity index (χ1n) is 10.2. The number of hydrogen-bond acceptors (Lipinski definition) is 5. The second kappa shape index (κ2) is 9.46. The first-order valence-corrected chi connectivity index (χ1v) is 11.2. The number of nitrogens with one attached hydrogen (secondary N) is 2. The summed E-state index contributed by atoms with van der Waals surface area (Å²) in [5, 5.41) is 6.25. The number of hydrogen-bond donors (Lipinski definition) is 2. The lowest BCUT2D eigenvalue weighted by molar-refractivity contribution is 0.120. The third-order valence-electron chi connectivity index (χ3n) is 5.36. The zero-order valence-electron chi connectivity index (χ0n) is 16.6. The van der Waals surface area contributed by atoms with Gasteiger partial charge in [0.05, 0.1) is 18.0 Å². The average molecular weight is 410 g/mol. The highest BCUT2D eigenvalue weighted by atomic mass is 32.2. The van der Waals surface area contributed by atoms with Gasteiger partial charge in [-0.05, 0) is 48.7 Å². The summed E-state index contributed by atoms with van der Waals surface area (Å²) in [5.41, 5.74) is 2.71. The molecule has 0 aromatic carbocycles. The van der Waals surface area contributed by atoms with E-state index in [2.05, 4.69) is 20.7 Å². The fourth-order valence-electron chi connectivity index (χ4n) is 3.74. The number of anilines is 1.